The fourth-order valence-corrected chi connectivity index (χ4v) is 7.05. The number of ether oxygens (including phenoxy) is 1. The summed E-state index contributed by atoms with van der Waals surface area (Å²) in [6.45, 7) is 7.68. The van der Waals surface area contributed by atoms with Crippen LogP contribution in [0.4, 0.5) is 16.4 Å². The van der Waals surface area contributed by atoms with E-state index in [1.165, 1.54) is 19.2 Å². The topological polar surface area (TPSA) is 98.5 Å². The van der Waals surface area contributed by atoms with Crippen LogP contribution in [0.3, 0.4) is 0 Å². The molecule has 0 bridgehead atoms. The molecule has 1 aromatic heterocycles. The summed E-state index contributed by atoms with van der Waals surface area (Å²) in [6.07, 6.45) is 0. The summed E-state index contributed by atoms with van der Waals surface area (Å²) in [5.41, 5.74) is 11.4. The molecule has 0 spiro atoms. The number of hydrogen-bond donors (Lipinski definition) is 2. The summed E-state index contributed by atoms with van der Waals surface area (Å²) in [5.74, 6) is 0.225. The van der Waals surface area contributed by atoms with Crippen LogP contribution >= 0.6 is 11.3 Å². The first-order chi connectivity index (χ1) is 17.0. The van der Waals surface area contributed by atoms with Gasteiger partial charge in [0.1, 0.15) is 20.5 Å². The maximum atomic E-state index is 13.9. The third-order valence-corrected chi connectivity index (χ3v) is 9.19. The summed E-state index contributed by atoms with van der Waals surface area (Å²) in [6, 6.07) is 17.4. The van der Waals surface area contributed by atoms with Gasteiger partial charge in [0.2, 0.25) is 15.6 Å². The van der Waals surface area contributed by atoms with Crippen LogP contribution in [0.15, 0.2) is 70.5 Å². The minimum Gasteiger partial charge on any atom is -0.497 e. The fraction of sp³-hybridized carbons (Fsp3) is 0.179. The zero-order valence-corrected chi connectivity index (χ0v) is 22.4. The molecule has 1 heterocycles. The van der Waals surface area contributed by atoms with Gasteiger partial charge in [-0.05, 0) is 68.7 Å². The van der Waals surface area contributed by atoms with Gasteiger partial charge in [0.25, 0.3) is 0 Å². The third-order valence-electron chi connectivity index (χ3n) is 6.09. The zero-order chi connectivity index (χ0) is 26.2. The number of thiophene rings is 1. The number of benzene rings is 3. The van der Waals surface area contributed by atoms with Crippen LogP contribution in [0.5, 0.6) is 5.75 Å². The predicted molar refractivity (Wildman–Crippen MR) is 146 cm³/mol. The molecule has 36 heavy (non-hydrogen) atoms. The number of carbonyl (C=O) groups is 1. The van der Waals surface area contributed by atoms with Crippen molar-refractivity contribution in [2.75, 3.05) is 18.2 Å². The summed E-state index contributed by atoms with van der Waals surface area (Å²) < 4.78 is 32.9. The van der Waals surface area contributed by atoms with E-state index in [4.69, 9.17) is 10.5 Å². The smallest absolute Gasteiger partial charge is 0.211 e. The average molecular weight is 521 g/mol. The highest BCUT2D eigenvalue weighted by Crippen LogP contribution is 2.45. The van der Waals surface area contributed by atoms with Crippen LogP contribution in [0.1, 0.15) is 37.5 Å². The molecule has 186 valence electrons. The number of anilines is 3. The Kier molecular flexibility index (Phi) is 6.93. The standard InChI is InChI=1S/C28H28N2O4S2/c1-16-9-14-22(19(4)15-16)25(31)26-23(29)27(36(32,33)21-12-10-20(34-5)11-13-21)28(35-26)30-24-17(2)7-6-8-18(24)3/h6-15,30H,29H2,1-5H3. The van der Waals surface area contributed by atoms with Gasteiger partial charge in [-0.2, -0.15) is 0 Å². The maximum Gasteiger partial charge on any atom is 0.211 e. The van der Waals surface area contributed by atoms with E-state index >= 15 is 0 Å². The van der Waals surface area contributed by atoms with Gasteiger partial charge >= 0.3 is 0 Å². The Bertz CT molecular complexity index is 1550. The number of aryl methyl sites for hydroxylation is 4. The van der Waals surface area contributed by atoms with E-state index in [2.05, 4.69) is 5.32 Å². The lowest BCUT2D eigenvalue weighted by Gasteiger charge is -2.14. The lowest BCUT2D eigenvalue weighted by atomic mass is 10.0. The first kappa shape index (κ1) is 25.5. The highest BCUT2D eigenvalue weighted by Gasteiger charge is 2.32. The molecule has 0 fully saturated rings. The molecule has 0 aliphatic heterocycles. The number of sulfone groups is 1. The van der Waals surface area contributed by atoms with Gasteiger partial charge in [0.15, 0.2) is 0 Å². The molecule has 0 saturated carbocycles. The van der Waals surface area contributed by atoms with E-state index in [1.54, 1.807) is 18.2 Å². The molecule has 3 N–H and O–H groups in total. The molecule has 3 aromatic carbocycles. The molecule has 0 atom stereocenters. The summed E-state index contributed by atoms with van der Waals surface area (Å²) in [5, 5.41) is 3.58. The molecule has 0 amide bonds. The molecule has 0 aliphatic rings. The number of rotatable bonds is 7. The highest BCUT2D eigenvalue weighted by molar-refractivity contribution is 7.92. The second-order valence-corrected chi connectivity index (χ2v) is 11.6. The van der Waals surface area contributed by atoms with Crippen LogP contribution in [0.2, 0.25) is 0 Å². The number of nitrogens with two attached hydrogens (primary N) is 1. The number of methoxy groups -OCH3 is 1. The second-order valence-electron chi connectivity index (χ2n) is 8.72. The molecule has 0 unspecified atom stereocenters. The van der Waals surface area contributed by atoms with E-state index in [-0.39, 0.29) is 26.1 Å². The molecule has 0 saturated heterocycles. The molecule has 4 rings (SSSR count). The van der Waals surface area contributed by atoms with Crippen molar-refractivity contribution < 1.29 is 17.9 Å². The largest absolute Gasteiger partial charge is 0.497 e. The van der Waals surface area contributed by atoms with E-state index in [1.807, 2.05) is 58.0 Å². The third kappa shape index (κ3) is 4.62. The van der Waals surface area contributed by atoms with Crippen molar-refractivity contribution in [3.8, 4) is 5.75 Å². The Labute approximate surface area is 215 Å². The molecule has 6 nitrogen and oxygen atoms in total. The Morgan fingerprint density at radius 3 is 2.14 bits per heavy atom. The molecule has 0 aliphatic carbocycles. The molecule has 0 radical (unpaired) electrons. The van der Waals surface area contributed by atoms with Gasteiger partial charge in [-0.3, -0.25) is 4.79 Å². The van der Waals surface area contributed by atoms with Crippen molar-refractivity contribution in [1.82, 2.24) is 0 Å². The highest BCUT2D eigenvalue weighted by atomic mass is 32.2. The van der Waals surface area contributed by atoms with Gasteiger partial charge in [-0.1, -0.05) is 42.0 Å². The van der Waals surface area contributed by atoms with E-state index < -0.39 is 9.84 Å². The van der Waals surface area contributed by atoms with Gasteiger partial charge in [0, 0.05) is 11.3 Å². The molecular weight excluding hydrogens is 492 g/mol. The normalized spacial score (nSPS) is 11.4. The monoisotopic (exact) mass is 520 g/mol. The maximum absolute atomic E-state index is 13.9. The Morgan fingerprint density at radius 1 is 0.917 bits per heavy atom. The number of ketones is 1. The minimum atomic E-state index is -4.07. The van der Waals surface area contributed by atoms with Crippen molar-refractivity contribution in [2.45, 2.75) is 37.5 Å². The first-order valence-corrected chi connectivity index (χ1v) is 13.6. The SMILES string of the molecule is COc1ccc(S(=O)(=O)c2c(Nc3c(C)cccc3C)sc(C(=O)c3ccc(C)cc3C)c2N)cc1. The number of nitrogens with one attached hydrogen (secondary N) is 1. The van der Waals surface area contributed by atoms with E-state index in [0.717, 1.165) is 39.3 Å². The Balaban J connectivity index is 1.92. The molecule has 8 heteroatoms. The van der Waals surface area contributed by atoms with Crippen LogP contribution in [0, 0.1) is 27.7 Å². The Morgan fingerprint density at radius 2 is 1.56 bits per heavy atom. The summed E-state index contributed by atoms with van der Waals surface area (Å²) in [4.78, 5) is 13.7. The second kappa shape index (κ2) is 9.79. The zero-order valence-electron chi connectivity index (χ0n) is 20.8. The van der Waals surface area contributed by atoms with Crippen LogP contribution in [-0.2, 0) is 9.84 Å². The number of nitrogen functional groups attached to an aromatic ring is 1. The number of carbonyl (C=O) groups excluding carboxylic acids is 1. The number of para-hydroxylation sites is 1. The average Bonchev–Trinajstić information content (AvgIpc) is 3.17. The number of hydrogen-bond acceptors (Lipinski definition) is 7. The van der Waals surface area contributed by atoms with Gasteiger partial charge in [0.05, 0.1) is 17.7 Å². The van der Waals surface area contributed by atoms with Crippen LogP contribution in [-0.4, -0.2) is 21.3 Å². The molecule has 4 aromatic rings. The van der Waals surface area contributed by atoms with Crippen molar-refractivity contribution in [1.29, 1.82) is 0 Å². The first-order valence-electron chi connectivity index (χ1n) is 11.3. The van der Waals surface area contributed by atoms with Gasteiger partial charge in [-0.15, -0.1) is 11.3 Å². The van der Waals surface area contributed by atoms with Crippen LogP contribution in [0.25, 0.3) is 0 Å². The minimum absolute atomic E-state index is 0.0582. The van der Waals surface area contributed by atoms with E-state index in [0.29, 0.717) is 16.3 Å². The van der Waals surface area contributed by atoms with Gasteiger partial charge in [-0.25, -0.2) is 8.42 Å². The lowest BCUT2D eigenvalue weighted by molar-refractivity contribution is 0.104. The quantitative estimate of drug-likeness (QED) is 0.274. The van der Waals surface area contributed by atoms with E-state index in [9.17, 15) is 13.2 Å². The van der Waals surface area contributed by atoms with Crippen molar-refractivity contribution in [2.24, 2.45) is 0 Å². The van der Waals surface area contributed by atoms with Crippen molar-refractivity contribution >= 4 is 43.3 Å². The predicted octanol–water partition coefficient (Wildman–Crippen LogP) is 6.38. The summed E-state index contributed by atoms with van der Waals surface area (Å²) in [7, 11) is -2.56. The summed E-state index contributed by atoms with van der Waals surface area (Å²) >= 11 is 1.05. The van der Waals surface area contributed by atoms with Crippen molar-refractivity contribution in [3.63, 3.8) is 0 Å². The fourth-order valence-electron chi connectivity index (χ4n) is 4.14. The Hall–Kier alpha value is -3.62. The van der Waals surface area contributed by atoms with Gasteiger partial charge < -0.3 is 15.8 Å². The lowest BCUT2D eigenvalue weighted by Crippen LogP contribution is -2.09. The van der Waals surface area contributed by atoms with Crippen LogP contribution < -0.4 is 15.8 Å². The molecular formula is C28H28N2O4S2. The van der Waals surface area contributed by atoms with Crippen molar-refractivity contribution in [3.05, 3.63) is 93.4 Å².